The Morgan fingerprint density at radius 2 is 1.66 bits per heavy atom. The van der Waals surface area contributed by atoms with E-state index in [0.717, 1.165) is 36.2 Å². The van der Waals surface area contributed by atoms with Gasteiger partial charge < -0.3 is 15.0 Å². The number of morpholine rings is 1. The number of nitrogens with zero attached hydrogens (tertiary/aromatic N) is 2. The van der Waals surface area contributed by atoms with E-state index in [1.54, 1.807) is 42.5 Å². The summed E-state index contributed by atoms with van der Waals surface area (Å²) in [6, 6.07) is 23.1. The average molecular weight is 510 g/mol. The molecule has 1 aliphatic rings. The van der Waals surface area contributed by atoms with Crippen molar-refractivity contribution < 1.29 is 21.9 Å². The van der Waals surface area contributed by atoms with Crippen LogP contribution in [0.3, 0.4) is 0 Å². The lowest BCUT2D eigenvalue weighted by Crippen LogP contribution is -2.44. The highest BCUT2D eigenvalue weighted by Gasteiger charge is 2.32. The van der Waals surface area contributed by atoms with Crippen LogP contribution >= 0.6 is 11.8 Å². The van der Waals surface area contributed by atoms with E-state index < -0.39 is 10.0 Å². The van der Waals surface area contributed by atoms with E-state index in [4.69, 9.17) is 4.74 Å². The lowest BCUT2D eigenvalue weighted by atomic mass is 10.2. The predicted molar refractivity (Wildman–Crippen MR) is 136 cm³/mol. The van der Waals surface area contributed by atoms with Gasteiger partial charge in [0, 0.05) is 13.1 Å². The molecule has 1 aliphatic heterocycles. The summed E-state index contributed by atoms with van der Waals surface area (Å²) in [6.45, 7) is 2.81. The van der Waals surface area contributed by atoms with Gasteiger partial charge in [0.25, 0.3) is 0 Å². The van der Waals surface area contributed by atoms with E-state index in [2.05, 4.69) is 15.2 Å². The molecule has 1 aromatic heterocycles. The molecule has 35 heavy (non-hydrogen) atoms. The average Bonchev–Trinajstić information content (AvgIpc) is 3.28. The van der Waals surface area contributed by atoms with Crippen molar-refractivity contribution in [3.8, 4) is 0 Å². The Balaban J connectivity index is 1.39. The van der Waals surface area contributed by atoms with Gasteiger partial charge in [-0.2, -0.15) is 8.42 Å². The monoisotopic (exact) mass is 509 g/mol. The first-order valence-electron chi connectivity index (χ1n) is 11.2. The van der Waals surface area contributed by atoms with Crippen LogP contribution in [0.25, 0.3) is 11.0 Å². The molecule has 0 saturated carbocycles. The molecule has 0 radical (unpaired) electrons. The maximum absolute atomic E-state index is 13.5. The molecule has 1 saturated heterocycles. The number of benzene rings is 3. The molecule has 0 atom stereocenters. The minimum atomic E-state index is -3.87. The normalized spacial score (nSPS) is 14.2. The van der Waals surface area contributed by atoms with Gasteiger partial charge in [0.15, 0.2) is 11.0 Å². The quantitative estimate of drug-likeness (QED) is 0.293. The fraction of sp³-hybridized carbons (Fsp3) is 0.200. The van der Waals surface area contributed by atoms with Crippen molar-refractivity contribution in [2.45, 2.75) is 10.1 Å². The second-order valence-corrected chi connectivity index (χ2v) is 10.7. The fourth-order valence-corrected chi connectivity index (χ4v) is 6.63. The number of nitrogens with one attached hydrogen (secondary N) is 2. The number of rotatable bonds is 7. The van der Waals surface area contributed by atoms with E-state index in [1.807, 2.05) is 36.4 Å². The standard InChI is InChI=1S/C25H24N4O4S2/c30-24(26-20-10-4-6-12-22(20)28-14-16-33-17-15-28)18-34-25-27-21-11-5-7-13-23(21)29(25)35(31,32)19-8-2-1-3-9-19/h1-13H,14-18H2,(H,26,30)/p+1. The Kier molecular flexibility index (Phi) is 6.76. The zero-order valence-electron chi connectivity index (χ0n) is 18.9. The summed E-state index contributed by atoms with van der Waals surface area (Å²) in [5.41, 5.74) is 2.87. The molecule has 2 N–H and O–H groups in total. The van der Waals surface area contributed by atoms with Gasteiger partial charge in [-0.15, -0.1) is 3.97 Å². The summed E-state index contributed by atoms with van der Waals surface area (Å²) in [5.74, 6) is -0.188. The Morgan fingerprint density at radius 1 is 0.971 bits per heavy atom. The SMILES string of the molecule is O=C(CSc1[nH]c2ccccc2[n+]1S(=O)(=O)c1ccccc1)Nc1ccccc1N1CCOCC1. The largest absolute Gasteiger partial charge is 0.378 e. The van der Waals surface area contributed by atoms with E-state index in [9.17, 15) is 13.2 Å². The van der Waals surface area contributed by atoms with Gasteiger partial charge in [-0.1, -0.05) is 42.5 Å². The number of aromatic amines is 1. The van der Waals surface area contributed by atoms with Gasteiger partial charge in [-0.3, -0.25) is 4.79 Å². The Hall–Kier alpha value is -3.34. The number of amides is 1. The summed E-state index contributed by atoms with van der Waals surface area (Å²) < 4.78 is 33.7. The van der Waals surface area contributed by atoms with Crippen LogP contribution in [0, 0.1) is 0 Å². The highest BCUT2D eigenvalue weighted by atomic mass is 32.2. The predicted octanol–water partition coefficient (Wildman–Crippen LogP) is 3.26. The molecular formula is C25H25N4O4S2+. The number of carbonyl (C=O) groups is 1. The number of aromatic nitrogens is 2. The van der Waals surface area contributed by atoms with Gasteiger partial charge in [0.2, 0.25) is 5.91 Å². The maximum Gasteiger partial charge on any atom is 0.336 e. The van der Waals surface area contributed by atoms with Crippen molar-refractivity contribution in [2.75, 3.05) is 42.3 Å². The number of hydrogen-bond acceptors (Lipinski definition) is 6. The number of thioether (sulfide) groups is 1. The number of ether oxygens (including phenoxy) is 1. The topological polar surface area (TPSA) is 95.4 Å². The van der Waals surface area contributed by atoms with Crippen LogP contribution in [0.15, 0.2) is 88.9 Å². The van der Waals surface area contributed by atoms with Crippen LogP contribution in [0.1, 0.15) is 0 Å². The lowest BCUT2D eigenvalue weighted by Gasteiger charge is -2.30. The third-order valence-corrected chi connectivity index (χ3v) is 8.51. The minimum absolute atomic E-state index is 0.0363. The maximum atomic E-state index is 13.5. The molecule has 8 nitrogen and oxygen atoms in total. The van der Waals surface area contributed by atoms with Crippen LogP contribution in [-0.2, 0) is 19.6 Å². The van der Waals surface area contributed by atoms with Gasteiger partial charge in [-0.05, 0) is 48.2 Å². The van der Waals surface area contributed by atoms with E-state index in [-0.39, 0.29) is 16.6 Å². The van der Waals surface area contributed by atoms with Gasteiger partial charge in [0.05, 0.1) is 30.3 Å². The number of hydrogen-bond donors (Lipinski definition) is 2. The number of imidazole rings is 1. The minimum Gasteiger partial charge on any atom is -0.378 e. The van der Waals surface area contributed by atoms with Crippen LogP contribution in [0.2, 0.25) is 0 Å². The molecule has 180 valence electrons. The smallest absolute Gasteiger partial charge is 0.336 e. The first kappa shape index (κ1) is 23.4. The van der Waals surface area contributed by atoms with Crippen molar-refractivity contribution >= 4 is 50.1 Å². The first-order chi connectivity index (χ1) is 17.0. The zero-order chi connectivity index (χ0) is 24.3. The number of fused-ring (bicyclic) bond motifs is 1. The Morgan fingerprint density at radius 3 is 2.46 bits per heavy atom. The second-order valence-electron chi connectivity index (χ2n) is 7.98. The Bertz CT molecular complexity index is 1450. The van der Waals surface area contributed by atoms with E-state index in [1.165, 1.54) is 3.97 Å². The third kappa shape index (κ3) is 4.90. The third-order valence-electron chi connectivity index (χ3n) is 5.70. The van der Waals surface area contributed by atoms with E-state index >= 15 is 0 Å². The van der Waals surface area contributed by atoms with Gasteiger partial charge in [0.1, 0.15) is 4.90 Å². The van der Waals surface area contributed by atoms with Crippen molar-refractivity contribution in [3.05, 3.63) is 78.9 Å². The highest BCUT2D eigenvalue weighted by Crippen LogP contribution is 2.27. The van der Waals surface area contributed by atoms with Gasteiger partial charge in [-0.25, -0.2) is 4.98 Å². The Labute approximate surface area is 208 Å². The summed E-state index contributed by atoms with van der Waals surface area (Å²) in [4.78, 5) is 18.5. The molecule has 0 spiro atoms. The molecular weight excluding hydrogens is 484 g/mol. The number of carbonyl (C=O) groups excluding carboxylic acids is 1. The molecule has 0 unspecified atom stereocenters. The summed E-state index contributed by atoms with van der Waals surface area (Å²) >= 11 is 1.15. The van der Waals surface area contributed by atoms with Crippen LogP contribution in [0.5, 0.6) is 0 Å². The van der Waals surface area contributed by atoms with Crippen LogP contribution in [-0.4, -0.2) is 51.4 Å². The number of anilines is 2. The van der Waals surface area contributed by atoms with Crippen molar-refractivity contribution in [1.29, 1.82) is 0 Å². The summed E-state index contributed by atoms with van der Waals surface area (Å²) in [5, 5.41) is 3.35. The van der Waals surface area contributed by atoms with Crippen LogP contribution < -0.4 is 14.2 Å². The number of para-hydroxylation sites is 4. The zero-order valence-corrected chi connectivity index (χ0v) is 20.5. The van der Waals surface area contributed by atoms with Crippen molar-refractivity contribution in [1.82, 2.24) is 4.98 Å². The molecule has 0 aliphatic carbocycles. The second kappa shape index (κ2) is 10.1. The molecule has 1 amide bonds. The van der Waals surface area contributed by atoms with Gasteiger partial charge >= 0.3 is 15.2 Å². The lowest BCUT2D eigenvalue weighted by molar-refractivity contribution is -0.526. The van der Waals surface area contributed by atoms with Crippen molar-refractivity contribution in [3.63, 3.8) is 0 Å². The summed E-state index contributed by atoms with van der Waals surface area (Å²) in [6.07, 6.45) is 0. The molecule has 4 aromatic rings. The molecule has 2 heterocycles. The molecule has 1 fully saturated rings. The molecule has 0 bridgehead atoms. The highest BCUT2D eigenvalue weighted by molar-refractivity contribution is 8.00. The molecule has 5 rings (SSSR count). The fourth-order valence-electron chi connectivity index (χ4n) is 4.04. The number of H-pyrrole nitrogens is 1. The molecule has 3 aromatic carbocycles. The summed E-state index contributed by atoms with van der Waals surface area (Å²) in [7, 11) is -3.87. The first-order valence-corrected chi connectivity index (χ1v) is 13.6. The van der Waals surface area contributed by atoms with E-state index in [0.29, 0.717) is 29.4 Å². The molecule has 10 heteroatoms. The van der Waals surface area contributed by atoms with Crippen LogP contribution in [0.4, 0.5) is 11.4 Å². The van der Waals surface area contributed by atoms with Crippen molar-refractivity contribution in [2.24, 2.45) is 0 Å².